The standard InChI is InChI=1S/C19H24N4O/c1-22-19(13-5-6-13)16(10-21-22)12-23-8-7-17-14(9-18(20)24)3-2-4-15(17)11-23/h2-4,10,13H,5-9,11-12H2,1H3,(H2,20,24). The lowest BCUT2D eigenvalue weighted by molar-refractivity contribution is -0.117. The fourth-order valence-corrected chi connectivity index (χ4v) is 3.97. The average Bonchev–Trinajstić information content (AvgIpc) is 3.31. The lowest BCUT2D eigenvalue weighted by Crippen LogP contribution is -2.31. The maximum atomic E-state index is 11.3. The minimum Gasteiger partial charge on any atom is -0.369 e. The van der Waals surface area contributed by atoms with Gasteiger partial charge >= 0.3 is 0 Å². The van der Waals surface area contributed by atoms with Gasteiger partial charge in [-0.15, -0.1) is 0 Å². The van der Waals surface area contributed by atoms with Crippen LogP contribution in [0.15, 0.2) is 24.4 Å². The zero-order valence-electron chi connectivity index (χ0n) is 14.2. The van der Waals surface area contributed by atoms with Gasteiger partial charge in [-0.2, -0.15) is 5.10 Å². The van der Waals surface area contributed by atoms with Crippen molar-refractivity contribution < 1.29 is 4.79 Å². The lowest BCUT2D eigenvalue weighted by atomic mass is 9.92. The van der Waals surface area contributed by atoms with Crippen LogP contribution in [-0.4, -0.2) is 27.1 Å². The number of benzene rings is 1. The number of carbonyl (C=O) groups excluding carboxylic acids is 1. The first kappa shape index (κ1) is 15.4. The van der Waals surface area contributed by atoms with Gasteiger partial charge in [0.25, 0.3) is 0 Å². The molecule has 0 bridgehead atoms. The van der Waals surface area contributed by atoms with Crippen molar-refractivity contribution in [2.45, 2.75) is 44.7 Å². The molecular formula is C19H24N4O. The molecule has 0 saturated heterocycles. The number of fused-ring (bicyclic) bond motifs is 1. The third-order valence-electron chi connectivity index (χ3n) is 5.23. The number of primary amides is 1. The van der Waals surface area contributed by atoms with Crippen molar-refractivity contribution in [3.63, 3.8) is 0 Å². The van der Waals surface area contributed by atoms with Crippen LogP contribution in [-0.2, 0) is 37.8 Å². The van der Waals surface area contributed by atoms with E-state index in [4.69, 9.17) is 5.73 Å². The number of amides is 1. The van der Waals surface area contributed by atoms with Crippen LogP contribution < -0.4 is 5.73 Å². The number of nitrogens with two attached hydrogens (primary N) is 1. The lowest BCUT2D eigenvalue weighted by Gasteiger charge is -2.30. The van der Waals surface area contributed by atoms with E-state index >= 15 is 0 Å². The Morgan fingerprint density at radius 2 is 2.17 bits per heavy atom. The minimum absolute atomic E-state index is 0.254. The molecule has 4 rings (SSSR count). The second-order valence-electron chi connectivity index (χ2n) is 7.11. The molecule has 2 heterocycles. The molecule has 1 aliphatic carbocycles. The van der Waals surface area contributed by atoms with E-state index in [0.717, 1.165) is 31.6 Å². The van der Waals surface area contributed by atoms with Crippen LogP contribution in [0, 0.1) is 0 Å². The Kier molecular flexibility index (Phi) is 3.88. The van der Waals surface area contributed by atoms with Gasteiger partial charge in [0.05, 0.1) is 12.6 Å². The molecule has 1 aromatic carbocycles. The Morgan fingerprint density at radius 3 is 2.92 bits per heavy atom. The van der Waals surface area contributed by atoms with Crippen LogP contribution >= 0.6 is 0 Å². The fraction of sp³-hybridized carbons (Fsp3) is 0.474. The summed E-state index contributed by atoms with van der Waals surface area (Å²) in [7, 11) is 2.05. The number of aryl methyl sites for hydroxylation is 1. The number of hydrogen-bond acceptors (Lipinski definition) is 3. The summed E-state index contributed by atoms with van der Waals surface area (Å²) < 4.78 is 2.05. The molecule has 1 aliphatic heterocycles. The number of nitrogens with zero attached hydrogens (tertiary/aromatic N) is 3. The molecule has 2 aromatic rings. The normalized spacial score (nSPS) is 17.7. The molecule has 1 fully saturated rings. The van der Waals surface area contributed by atoms with Crippen LogP contribution in [0.25, 0.3) is 0 Å². The topological polar surface area (TPSA) is 64.2 Å². The van der Waals surface area contributed by atoms with E-state index in [-0.39, 0.29) is 5.91 Å². The van der Waals surface area contributed by atoms with Gasteiger partial charge in [0, 0.05) is 43.9 Å². The second kappa shape index (κ2) is 6.06. The van der Waals surface area contributed by atoms with Crippen LogP contribution in [0.4, 0.5) is 0 Å². The average molecular weight is 324 g/mol. The molecule has 5 nitrogen and oxygen atoms in total. The van der Waals surface area contributed by atoms with Crippen molar-refractivity contribution in [2.24, 2.45) is 12.8 Å². The second-order valence-corrected chi connectivity index (χ2v) is 7.11. The van der Waals surface area contributed by atoms with Crippen molar-refractivity contribution in [2.75, 3.05) is 6.54 Å². The zero-order valence-corrected chi connectivity index (χ0v) is 14.2. The van der Waals surface area contributed by atoms with E-state index in [2.05, 4.69) is 27.8 Å². The van der Waals surface area contributed by atoms with Gasteiger partial charge in [-0.1, -0.05) is 18.2 Å². The minimum atomic E-state index is -0.254. The van der Waals surface area contributed by atoms with E-state index in [1.165, 1.54) is 35.2 Å². The van der Waals surface area contributed by atoms with Crippen LogP contribution in [0.3, 0.4) is 0 Å². The first-order valence-corrected chi connectivity index (χ1v) is 8.73. The number of aromatic nitrogens is 2. The highest BCUT2D eigenvalue weighted by Gasteiger charge is 2.30. The maximum absolute atomic E-state index is 11.3. The number of rotatable bonds is 5. The summed E-state index contributed by atoms with van der Waals surface area (Å²) in [5, 5.41) is 4.47. The van der Waals surface area contributed by atoms with Crippen molar-refractivity contribution in [3.8, 4) is 0 Å². The van der Waals surface area contributed by atoms with Crippen LogP contribution in [0.2, 0.25) is 0 Å². The van der Waals surface area contributed by atoms with E-state index < -0.39 is 0 Å². The molecule has 0 atom stereocenters. The Balaban J connectivity index is 1.52. The first-order valence-electron chi connectivity index (χ1n) is 8.73. The summed E-state index contributed by atoms with van der Waals surface area (Å²) >= 11 is 0. The van der Waals surface area contributed by atoms with Gasteiger partial charge in [-0.25, -0.2) is 0 Å². The van der Waals surface area contributed by atoms with Crippen molar-refractivity contribution in [3.05, 3.63) is 52.3 Å². The molecule has 2 N–H and O–H groups in total. The molecule has 1 aromatic heterocycles. The van der Waals surface area contributed by atoms with Gasteiger partial charge in [-0.05, 0) is 36.0 Å². The molecule has 1 amide bonds. The molecule has 2 aliphatic rings. The van der Waals surface area contributed by atoms with E-state index in [1.807, 2.05) is 18.3 Å². The van der Waals surface area contributed by atoms with Crippen molar-refractivity contribution >= 4 is 5.91 Å². The smallest absolute Gasteiger partial charge is 0.221 e. The Labute approximate surface area is 142 Å². The SMILES string of the molecule is Cn1ncc(CN2CCc3c(CC(N)=O)cccc3C2)c1C1CC1. The highest BCUT2D eigenvalue weighted by Crippen LogP contribution is 2.41. The van der Waals surface area contributed by atoms with Gasteiger partial charge in [-0.3, -0.25) is 14.4 Å². The predicted octanol–water partition coefficient (Wildman–Crippen LogP) is 1.88. The monoisotopic (exact) mass is 324 g/mol. The molecule has 0 radical (unpaired) electrons. The molecule has 24 heavy (non-hydrogen) atoms. The summed E-state index contributed by atoms with van der Waals surface area (Å²) in [5.74, 6) is 0.460. The summed E-state index contributed by atoms with van der Waals surface area (Å²) in [6.07, 6.45) is 5.96. The van der Waals surface area contributed by atoms with Crippen LogP contribution in [0.5, 0.6) is 0 Å². The van der Waals surface area contributed by atoms with Crippen LogP contribution in [0.1, 0.15) is 46.7 Å². The summed E-state index contributed by atoms with van der Waals surface area (Å²) in [5.41, 5.74) is 11.9. The number of hydrogen-bond donors (Lipinski definition) is 1. The molecular weight excluding hydrogens is 300 g/mol. The maximum Gasteiger partial charge on any atom is 0.221 e. The zero-order chi connectivity index (χ0) is 16.7. The highest BCUT2D eigenvalue weighted by atomic mass is 16.1. The largest absolute Gasteiger partial charge is 0.369 e. The Morgan fingerprint density at radius 1 is 1.33 bits per heavy atom. The number of carbonyl (C=O) groups is 1. The Bertz CT molecular complexity index is 776. The first-order chi connectivity index (χ1) is 11.6. The third-order valence-corrected chi connectivity index (χ3v) is 5.23. The van der Waals surface area contributed by atoms with Crippen molar-refractivity contribution in [1.29, 1.82) is 0 Å². The fourth-order valence-electron chi connectivity index (χ4n) is 3.97. The van der Waals surface area contributed by atoms with E-state index in [0.29, 0.717) is 12.3 Å². The molecule has 0 unspecified atom stereocenters. The summed E-state index contributed by atoms with van der Waals surface area (Å²) in [6.45, 7) is 2.90. The van der Waals surface area contributed by atoms with Gasteiger partial charge < -0.3 is 5.73 Å². The van der Waals surface area contributed by atoms with Gasteiger partial charge in [0.2, 0.25) is 5.91 Å². The van der Waals surface area contributed by atoms with Gasteiger partial charge in [0.1, 0.15) is 0 Å². The highest BCUT2D eigenvalue weighted by molar-refractivity contribution is 5.77. The van der Waals surface area contributed by atoms with Crippen molar-refractivity contribution in [1.82, 2.24) is 14.7 Å². The quantitative estimate of drug-likeness (QED) is 0.913. The van der Waals surface area contributed by atoms with E-state index in [9.17, 15) is 4.79 Å². The van der Waals surface area contributed by atoms with E-state index in [1.54, 1.807) is 0 Å². The predicted molar refractivity (Wildman–Crippen MR) is 92.3 cm³/mol. The third kappa shape index (κ3) is 2.96. The molecule has 5 heteroatoms. The molecule has 0 spiro atoms. The molecule has 1 saturated carbocycles. The molecule has 126 valence electrons. The summed E-state index contributed by atoms with van der Waals surface area (Å²) in [6, 6.07) is 6.25. The summed E-state index contributed by atoms with van der Waals surface area (Å²) in [4.78, 5) is 13.8. The Hall–Kier alpha value is -2.14. The van der Waals surface area contributed by atoms with Gasteiger partial charge in [0.15, 0.2) is 0 Å².